The Balaban J connectivity index is 0.000000248. The van der Waals surface area contributed by atoms with Crippen LogP contribution in [0.3, 0.4) is 0 Å². The Morgan fingerprint density at radius 1 is 1.24 bits per heavy atom. The van der Waals surface area contributed by atoms with E-state index in [1.165, 1.54) is 5.56 Å². The summed E-state index contributed by atoms with van der Waals surface area (Å²) in [5.74, 6) is 1.59. The first-order valence-corrected chi connectivity index (χ1v) is 9.52. The van der Waals surface area contributed by atoms with E-state index in [0.29, 0.717) is 17.9 Å². The molecule has 7 nitrogen and oxygen atoms in total. The van der Waals surface area contributed by atoms with Crippen LogP contribution in [0.25, 0.3) is 0 Å². The Bertz CT molecular complexity index is 830. The van der Waals surface area contributed by atoms with E-state index in [2.05, 4.69) is 5.32 Å². The van der Waals surface area contributed by atoms with Crippen molar-refractivity contribution in [3.8, 4) is 11.5 Å². The number of aliphatic hydroxyl groups excluding tert-OH is 1. The van der Waals surface area contributed by atoms with Gasteiger partial charge in [0.2, 0.25) is 0 Å². The maximum absolute atomic E-state index is 11.7. The van der Waals surface area contributed by atoms with Gasteiger partial charge in [-0.1, -0.05) is 12.1 Å². The summed E-state index contributed by atoms with van der Waals surface area (Å²) in [6.07, 6.45) is 0.830. The minimum Gasteiger partial charge on any atom is -0.496 e. The third kappa shape index (κ3) is 6.57. The van der Waals surface area contributed by atoms with Gasteiger partial charge in [0.25, 0.3) is 0 Å². The van der Waals surface area contributed by atoms with E-state index in [4.69, 9.17) is 25.1 Å². The highest BCUT2D eigenvalue weighted by molar-refractivity contribution is 5.86. The number of anilines is 2. The monoisotopic (exact) mass is 402 g/mol. The number of amides is 1. The highest BCUT2D eigenvalue weighted by Crippen LogP contribution is 2.29. The SMILES string of the molecule is COc1cccc(NC(=O)OC(C)(C)C)c1CCO.Nc1cccc2c1CCO2. The lowest BCUT2D eigenvalue weighted by molar-refractivity contribution is 0.0635. The predicted molar refractivity (Wildman–Crippen MR) is 114 cm³/mol. The number of ether oxygens (including phenoxy) is 3. The largest absolute Gasteiger partial charge is 0.496 e. The fourth-order valence-corrected chi connectivity index (χ4v) is 2.91. The van der Waals surface area contributed by atoms with Crippen LogP contribution in [0.15, 0.2) is 36.4 Å². The van der Waals surface area contributed by atoms with Crippen molar-refractivity contribution in [2.24, 2.45) is 0 Å². The molecule has 1 heterocycles. The third-order valence-corrected chi connectivity index (χ3v) is 4.13. The fourth-order valence-electron chi connectivity index (χ4n) is 2.91. The topological polar surface area (TPSA) is 103 Å². The molecule has 29 heavy (non-hydrogen) atoms. The second-order valence-corrected chi connectivity index (χ2v) is 7.51. The molecule has 3 rings (SSSR count). The number of hydrogen-bond donors (Lipinski definition) is 3. The van der Waals surface area contributed by atoms with E-state index < -0.39 is 11.7 Å². The number of fused-ring (bicyclic) bond motifs is 1. The summed E-state index contributed by atoms with van der Waals surface area (Å²) in [6, 6.07) is 11.1. The van der Waals surface area contributed by atoms with Crippen LogP contribution in [0.5, 0.6) is 11.5 Å². The lowest BCUT2D eigenvalue weighted by atomic mass is 10.1. The Labute approximate surface area is 171 Å². The van der Waals surface area contributed by atoms with Crippen LogP contribution in [-0.4, -0.2) is 37.1 Å². The Morgan fingerprint density at radius 3 is 2.59 bits per heavy atom. The average molecular weight is 402 g/mol. The molecule has 2 aromatic rings. The quantitative estimate of drug-likeness (QED) is 0.673. The first kappa shape index (κ1) is 22.4. The molecule has 0 aliphatic carbocycles. The van der Waals surface area contributed by atoms with Crippen molar-refractivity contribution in [2.75, 3.05) is 31.4 Å². The number of rotatable bonds is 4. The summed E-state index contributed by atoms with van der Waals surface area (Å²) in [6.45, 7) is 6.15. The Kier molecular flexibility index (Phi) is 7.73. The van der Waals surface area contributed by atoms with Crippen molar-refractivity contribution in [3.05, 3.63) is 47.5 Å². The van der Waals surface area contributed by atoms with Crippen molar-refractivity contribution in [1.82, 2.24) is 0 Å². The third-order valence-electron chi connectivity index (χ3n) is 4.13. The first-order valence-electron chi connectivity index (χ1n) is 9.52. The first-order chi connectivity index (χ1) is 13.7. The number of nitrogen functional groups attached to an aromatic ring is 1. The Morgan fingerprint density at radius 2 is 1.97 bits per heavy atom. The van der Waals surface area contributed by atoms with Crippen molar-refractivity contribution in [3.63, 3.8) is 0 Å². The van der Waals surface area contributed by atoms with E-state index in [1.807, 2.05) is 18.2 Å². The lowest BCUT2D eigenvalue weighted by Crippen LogP contribution is -2.27. The van der Waals surface area contributed by atoms with Gasteiger partial charge in [0, 0.05) is 36.3 Å². The zero-order valence-corrected chi connectivity index (χ0v) is 17.5. The van der Waals surface area contributed by atoms with Crippen LogP contribution in [0.1, 0.15) is 31.9 Å². The summed E-state index contributed by atoms with van der Waals surface area (Å²) in [5, 5.41) is 11.8. The summed E-state index contributed by atoms with van der Waals surface area (Å²) < 4.78 is 15.7. The van der Waals surface area contributed by atoms with Crippen LogP contribution in [-0.2, 0) is 17.6 Å². The van der Waals surface area contributed by atoms with Gasteiger partial charge < -0.3 is 25.1 Å². The van der Waals surface area contributed by atoms with Crippen LogP contribution in [0.4, 0.5) is 16.2 Å². The van der Waals surface area contributed by atoms with Crippen LogP contribution >= 0.6 is 0 Å². The van der Waals surface area contributed by atoms with Gasteiger partial charge in [0.1, 0.15) is 17.1 Å². The maximum atomic E-state index is 11.7. The average Bonchev–Trinajstić information content (AvgIpc) is 3.12. The minimum atomic E-state index is -0.555. The van der Waals surface area contributed by atoms with Gasteiger partial charge in [0.05, 0.1) is 19.4 Å². The molecule has 0 radical (unpaired) electrons. The van der Waals surface area contributed by atoms with Crippen molar-refractivity contribution < 1.29 is 24.1 Å². The molecule has 0 aromatic heterocycles. The van der Waals surface area contributed by atoms with Crippen molar-refractivity contribution in [2.45, 2.75) is 39.2 Å². The zero-order valence-electron chi connectivity index (χ0n) is 17.5. The molecule has 0 spiro atoms. The van der Waals surface area contributed by atoms with Crippen LogP contribution in [0.2, 0.25) is 0 Å². The molecular weight excluding hydrogens is 372 g/mol. The van der Waals surface area contributed by atoms with Crippen molar-refractivity contribution in [1.29, 1.82) is 0 Å². The van der Waals surface area contributed by atoms with Gasteiger partial charge in [-0.15, -0.1) is 0 Å². The highest BCUT2D eigenvalue weighted by Gasteiger charge is 2.18. The number of carbonyl (C=O) groups excluding carboxylic acids is 1. The molecule has 158 valence electrons. The maximum Gasteiger partial charge on any atom is 0.412 e. The number of aliphatic hydroxyl groups is 1. The number of hydrogen-bond acceptors (Lipinski definition) is 6. The summed E-state index contributed by atoms with van der Waals surface area (Å²) in [7, 11) is 1.55. The van der Waals surface area contributed by atoms with Gasteiger partial charge in [-0.05, 0) is 45.0 Å². The molecular formula is C22H30N2O5. The molecule has 0 unspecified atom stereocenters. The zero-order chi connectivity index (χ0) is 21.4. The number of carbonyl (C=O) groups is 1. The van der Waals surface area contributed by atoms with Crippen molar-refractivity contribution >= 4 is 17.5 Å². The van der Waals surface area contributed by atoms with Gasteiger partial charge in [-0.2, -0.15) is 0 Å². The van der Waals surface area contributed by atoms with E-state index >= 15 is 0 Å². The molecule has 7 heteroatoms. The van der Waals surface area contributed by atoms with Gasteiger partial charge in [-0.3, -0.25) is 5.32 Å². The summed E-state index contributed by atoms with van der Waals surface area (Å²) >= 11 is 0. The number of nitrogens with two attached hydrogens (primary N) is 1. The molecule has 0 atom stereocenters. The van der Waals surface area contributed by atoms with E-state index in [9.17, 15) is 4.79 Å². The van der Waals surface area contributed by atoms with E-state index in [0.717, 1.165) is 30.0 Å². The lowest BCUT2D eigenvalue weighted by Gasteiger charge is -2.21. The minimum absolute atomic E-state index is 0.0244. The van der Waals surface area contributed by atoms with Gasteiger partial charge >= 0.3 is 6.09 Å². The molecule has 1 aliphatic rings. The fraction of sp³-hybridized carbons (Fsp3) is 0.409. The second kappa shape index (κ2) is 10.0. The molecule has 0 fully saturated rings. The number of methoxy groups -OCH3 is 1. The molecule has 0 saturated heterocycles. The molecule has 0 bridgehead atoms. The normalized spacial score (nSPS) is 12.2. The molecule has 0 saturated carbocycles. The van der Waals surface area contributed by atoms with E-state index in [1.54, 1.807) is 46.1 Å². The summed E-state index contributed by atoms with van der Waals surface area (Å²) in [5.41, 5.74) is 8.50. The van der Waals surface area contributed by atoms with E-state index in [-0.39, 0.29) is 6.61 Å². The van der Waals surface area contributed by atoms with Gasteiger partial charge in [-0.25, -0.2) is 4.79 Å². The smallest absolute Gasteiger partial charge is 0.412 e. The number of benzene rings is 2. The second-order valence-electron chi connectivity index (χ2n) is 7.51. The molecule has 2 aromatic carbocycles. The molecule has 4 N–H and O–H groups in total. The molecule has 1 amide bonds. The molecule has 1 aliphatic heterocycles. The van der Waals surface area contributed by atoms with Gasteiger partial charge in [0.15, 0.2) is 0 Å². The van der Waals surface area contributed by atoms with Crippen LogP contribution < -0.4 is 20.5 Å². The highest BCUT2D eigenvalue weighted by atomic mass is 16.6. The predicted octanol–water partition coefficient (Wildman–Crippen LogP) is 3.78. The van der Waals surface area contributed by atoms with Crippen LogP contribution in [0, 0.1) is 0 Å². The number of nitrogens with one attached hydrogen (secondary N) is 1. The standard InChI is InChI=1S/C14H21NO4.C8H9NO/c1-14(2,3)19-13(17)15-11-6-5-7-12(18-4)10(11)8-9-16;9-7-2-1-3-8-6(7)4-5-10-8/h5-7,16H,8-9H2,1-4H3,(H,15,17);1-3H,4-5,9H2. The summed E-state index contributed by atoms with van der Waals surface area (Å²) in [4.78, 5) is 11.7. The Hall–Kier alpha value is -2.93.